The number of hydrogen-bond acceptors (Lipinski definition) is 2. The second-order valence-electron chi connectivity index (χ2n) is 5.33. The van der Waals surface area contributed by atoms with Crippen LogP contribution in [0.25, 0.3) is 0 Å². The van der Waals surface area contributed by atoms with Crippen molar-refractivity contribution in [3.8, 4) is 0 Å². The molecule has 1 atom stereocenters. The van der Waals surface area contributed by atoms with E-state index in [9.17, 15) is 0 Å². The van der Waals surface area contributed by atoms with E-state index in [4.69, 9.17) is 17.3 Å². The Bertz CT molecular complexity index is 380. The molecule has 0 spiro atoms. The molecule has 0 aliphatic heterocycles. The Hall–Kier alpha value is -0.540. The van der Waals surface area contributed by atoms with Crippen LogP contribution in [0.2, 0.25) is 5.15 Å². The highest BCUT2D eigenvalue weighted by atomic mass is 35.5. The van der Waals surface area contributed by atoms with Gasteiger partial charge in [0.2, 0.25) is 0 Å². The zero-order valence-corrected chi connectivity index (χ0v) is 11.5. The van der Waals surface area contributed by atoms with Crippen molar-refractivity contribution in [2.75, 3.05) is 0 Å². The fourth-order valence-corrected chi connectivity index (χ4v) is 3.18. The summed E-state index contributed by atoms with van der Waals surface area (Å²) in [6, 6.07) is 0.221. The van der Waals surface area contributed by atoms with Crippen LogP contribution in [-0.2, 0) is 13.5 Å². The minimum atomic E-state index is 0.221. The third kappa shape index (κ3) is 3.02. The Balaban J connectivity index is 1.95. The van der Waals surface area contributed by atoms with Crippen LogP contribution in [-0.4, -0.2) is 15.8 Å². The maximum Gasteiger partial charge on any atom is 0.130 e. The lowest BCUT2D eigenvalue weighted by Crippen LogP contribution is -2.25. The van der Waals surface area contributed by atoms with Crippen molar-refractivity contribution in [1.29, 1.82) is 0 Å². The summed E-state index contributed by atoms with van der Waals surface area (Å²) >= 11 is 6.22. The summed E-state index contributed by atoms with van der Waals surface area (Å²) in [5.74, 6) is 0.834. The summed E-state index contributed by atoms with van der Waals surface area (Å²) in [6.07, 6.45) is 7.45. The molecule has 2 rings (SSSR count). The van der Waals surface area contributed by atoms with Crippen molar-refractivity contribution >= 4 is 11.6 Å². The lowest BCUT2D eigenvalue weighted by atomic mass is 9.95. The smallest absolute Gasteiger partial charge is 0.130 e. The van der Waals surface area contributed by atoms with E-state index in [1.807, 2.05) is 14.0 Å². The molecule has 0 radical (unpaired) electrons. The van der Waals surface area contributed by atoms with Crippen molar-refractivity contribution < 1.29 is 0 Å². The number of nitrogens with two attached hydrogens (primary N) is 1. The van der Waals surface area contributed by atoms with Crippen molar-refractivity contribution in [3.05, 3.63) is 16.4 Å². The van der Waals surface area contributed by atoms with Gasteiger partial charge in [-0.15, -0.1) is 0 Å². The summed E-state index contributed by atoms with van der Waals surface area (Å²) in [7, 11) is 1.88. The van der Waals surface area contributed by atoms with E-state index < -0.39 is 0 Å². The van der Waals surface area contributed by atoms with E-state index in [-0.39, 0.29) is 6.04 Å². The molecule has 3 nitrogen and oxygen atoms in total. The van der Waals surface area contributed by atoms with Gasteiger partial charge in [-0.2, -0.15) is 5.10 Å². The monoisotopic (exact) mass is 255 g/mol. The van der Waals surface area contributed by atoms with E-state index in [0.717, 1.165) is 35.2 Å². The lowest BCUT2D eigenvalue weighted by molar-refractivity contribution is 0.440. The van der Waals surface area contributed by atoms with Gasteiger partial charge in [0.15, 0.2) is 0 Å². The number of hydrogen-bond donors (Lipinski definition) is 1. The lowest BCUT2D eigenvalue weighted by Gasteiger charge is -2.16. The summed E-state index contributed by atoms with van der Waals surface area (Å²) in [5, 5.41) is 5.06. The molecule has 96 valence electrons. The van der Waals surface area contributed by atoms with E-state index in [0.29, 0.717) is 0 Å². The van der Waals surface area contributed by atoms with Crippen molar-refractivity contribution in [2.24, 2.45) is 18.7 Å². The topological polar surface area (TPSA) is 43.8 Å². The molecule has 2 N–H and O–H groups in total. The molecular formula is C13H22ClN3. The molecule has 1 aliphatic rings. The predicted octanol–water partition coefficient (Wildman–Crippen LogP) is 2.83. The van der Waals surface area contributed by atoms with Crippen molar-refractivity contribution in [2.45, 2.75) is 51.5 Å². The van der Waals surface area contributed by atoms with Gasteiger partial charge in [-0.25, -0.2) is 0 Å². The zero-order chi connectivity index (χ0) is 12.4. The Kier molecular flexibility index (Phi) is 4.10. The average molecular weight is 256 g/mol. The molecule has 17 heavy (non-hydrogen) atoms. The first-order valence-electron chi connectivity index (χ1n) is 6.51. The molecule has 1 aromatic heterocycles. The first-order chi connectivity index (χ1) is 8.08. The van der Waals surface area contributed by atoms with E-state index in [2.05, 4.69) is 5.10 Å². The largest absolute Gasteiger partial charge is 0.327 e. The van der Waals surface area contributed by atoms with E-state index in [1.54, 1.807) is 4.68 Å². The van der Waals surface area contributed by atoms with E-state index in [1.165, 1.54) is 25.7 Å². The highest BCUT2D eigenvalue weighted by molar-refractivity contribution is 6.30. The summed E-state index contributed by atoms with van der Waals surface area (Å²) in [4.78, 5) is 0. The number of rotatable bonds is 4. The average Bonchev–Trinajstić information content (AvgIpc) is 2.83. The molecule has 0 aromatic carbocycles. The standard InChI is InChI=1S/C13H22ClN3/c1-9-12(13(14)17(2)16-9)8-11(15)7-10-5-3-4-6-10/h10-11H,3-8,15H2,1-2H3. The summed E-state index contributed by atoms with van der Waals surface area (Å²) in [5.41, 5.74) is 8.37. The van der Waals surface area contributed by atoms with Crippen LogP contribution in [0.4, 0.5) is 0 Å². The third-order valence-electron chi connectivity index (χ3n) is 3.85. The second-order valence-corrected chi connectivity index (χ2v) is 5.69. The second kappa shape index (κ2) is 5.40. The Labute approximate surface area is 108 Å². The minimum absolute atomic E-state index is 0.221. The molecule has 4 heteroatoms. The zero-order valence-electron chi connectivity index (χ0n) is 10.7. The number of aryl methyl sites for hydroxylation is 2. The van der Waals surface area contributed by atoms with Crippen LogP contribution in [0, 0.1) is 12.8 Å². The highest BCUT2D eigenvalue weighted by Crippen LogP contribution is 2.29. The molecule has 0 bridgehead atoms. The number of nitrogens with zero attached hydrogens (tertiary/aromatic N) is 2. The van der Waals surface area contributed by atoms with Crippen molar-refractivity contribution in [1.82, 2.24) is 9.78 Å². The Morgan fingerprint density at radius 2 is 2.12 bits per heavy atom. The normalized spacial score (nSPS) is 18.8. The maximum absolute atomic E-state index is 6.24. The molecule has 1 saturated carbocycles. The van der Waals surface area contributed by atoms with E-state index >= 15 is 0 Å². The van der Waals surface area contributed by atoms with Crippen LogP contribution >= 0.6 is 11.6 Å². The van der Waals surface area contributed by atoms with Gasteiger partial charge >= 0.3 is 0 Å². The van der Waals surface area contributed by atoms with Gasteiger partial charge in [-0.05, 0) is 25.7 Å². The van der Waals surface area contributed by atoms with Gasteiger partial charge in [0.1, 0.15) is 5.15 Å². The minimum Gasteiger partial charge on any atom is -0.327 e. The summed E-state index contributed by atoms with van der Waals surface area (Å²) in [6.45, 7) is 2.00. The third-order valence-corrected chi connectivity index (χ3v) is 4.32. The first-order valence-corrected chi connectivity index (χ1v) is 6.89. The van der Waals surface area contributed by atoms with Gasteiger partial charge in [-0.1, -0.05) is 37.3 Å². The van der Waals surface area contributed by atoms with Crippen LogP contribution in [0.15, 0.2) is 0 Å². The van der Waals surface area contributed by atoms with Crippen LogP contribution in [0.1, 0.15) is 43.4 Å². The Morgan fingerprint density at radius 1 is 1.47 bits per heavy atom. The number of halogens is 1. The quantitative estimate of drug-likeness (QED) is 0.899. The molecule has 1 heterocycles. The fraction of sp³-hybridized carbons (Fsp3) is 0.769. The maximum atomic E-state index is 6.24. The van der Waals surface area contributed by atoms with Crippen LogP contribution in [0.3, 0.4) is 0 Å². The van der Waals surface area contributed by atoms with Gasteiger partial charge < -0.3 is 5.73 Å². The van der Waals surface area contributed by atoms with Crippen molar-refractivity contribution in [3.63, 3.8) is 0 Å². The molecule has 1 unspecified atom stereocenters. The van der Waals surface area contributed by atoms with Gasteiger partial charge in [0.25, 0.3) is 0 Å². The molecule has 1 aromatic rings. The molecule has 0 saturated heterocycles. The van der Waals surface area contributed by atoms with Gasteiger partial charge in [0, 0.05) is 18.7 Å². The van der Waals surface area contributed by atoms with Gasteiger partial charge in [0.05, 0.1) is 5.69 Å². The summed E-state index contributed by atoms with van der Waals surface area (Å²) < 4.78 is 1.73. The first kappa shape index (κ1) is 12.9. The van der Waals surface area contributed by atoms with Crippen LogP contribution in [0.5, 0.6) is 0 Å². The van der Waals surface area contributed by atoms with Crippen LogP contribution < -0.4 is 5.73 Å². The molecule has 1 aliphatic carbocycles. The number of aromatic nitrogens is 2. The predicted molar refractivity (Wildman–Crippen MR) is 71.2 cm³/mol. The fourth-order valence-electron chi connectivity index (χ4n) is 2.93. The SMILES string of the molecule is Cc1nn(C)c(Cl)c1CC(N)CC1CCCC1. The molecule has 1 fully saturated rings. The molecular weight excluding hydrogens is 234 g/mol. The highest BCUT2D eigenvalue weighted by Gasteiger charge is 2.20. The van der Waals surface area contributed by atoms with Gasteiger partial charge in [-0.3, -0.25) is 4.68 Å². The Morgan fingerprint density at radius 3 is 2.65 bits per heavy atom. The molecule has 0 amide bonds.